The SMILES string of the molecule is NC(=O)c1cccc(Oc2ccc(NC(=O)Cc3cnn(-c4ccccc4)c3)cn2)c1. The first kappa shape index (κ1) is 19.8. The van der Waals surface area contributed by atoms with E-state index in [0.717, 1.165) is 11.3 Å². The number of primary amides is 1. The lowest BCUT2D eigenvalue weighted by molar-refractivity contribution is -0.115. The van der Waals surface area contributed by atoms with Crippen molar-refractivity contribution in [2.24, 2.45) is 5.73 Å². The molecular weight excluding hydrogens is 394 g/mol. The molecule has 0 bridgehead atoms. The quantitative estimate of drug-likeness (QED) is 0.483. The topological polar surface area (TPSA) is 112 Å². The molecule has 8 heteroatoms. The molecule has 8 nitrogen and oxygen atoms in total. The van der Waals surface area contributed by atoms with Gasteiger partial charge in [0.2, 0.25) is 17.7 Å². The molecule has 0 saturated carbocycles. The number of nitrogens with zero attached hydrogens (tertiary/aromatic N) is 3. The van der Waals surface area contributed by atoms with E-state index in [0.29, 0.717) is 22.9 Å². The molecule has 4 aromatic rings. The largest absolute Gasteiger partial charge is 0.439 e. The van der Waals surface area contributed by atoms with Crippen molar-refractivity contribution < 1.29 is 14.3 Å². The standard InChI is InChI=1S/C23H19N5O3/c24-23(30)17-5-4-8-20(12-17)31-22-10-9-18(14-25-22)27-21(29)11-16-13-26-28(15-16)19-6-2-1-3-7-19/h1-10,12-15H,11H2,(H2,24,30)(H,27,29). The Balaban J connectivity index is 1.35. The summed E-state index contributed by atoms with van der Waals surface area (Å²) in [5, 5.41) is 7.09. The highest BCUT2D eigenvalue weighted by Gasteiger charge is 2.09. The fraction of sp³-hybridized carbons (Fsp3) is 0.0435. The van der Waals surface area contributed by atoms with Crippen LogP contribution in [0, 0.1) is 0 Å². The van der Waals surface area contributed by atoms with E-state index in [-0.39, 0.29) is 12.3 Å². The monoisotopic (exact) mass is 413 g/mol. The Morgan fingerprint density at radius 3 is 2.58 bits per heavy atom. The highest BCUT2D eigenvalue weighted by atomic mass is 16.5. The van der Waals surface area contributed by atoms with Crippen LogP contribution in [0.1, 0.15) is 15.9 Å². The van der Waals surface area contributed by atoms with Gasteiger partial charge in [0.25, 0.3) is 0 Å². The van der Waals surface area contributed by atoms with Gasteiger partial charge in [-0.05, 0) is 42.0 Å². The fourth-order valence-corrected chi connectivity index (χ4v) is 2.91. The van der Waals surface area contributed by atoms with Gasteiger partial charge in [-0.3, -0.25) is 9.59 Å². The molecule has 2 aromatic carbocycles. The Bertz CT molecular complexity index is 1200. The number of benzene rings is 2. The molecule has 0 radical (unpaired) electrons. The highest BCUT2D eigenvalue weighted by Crippen LogP contribution is 2.21. The number of carbonyl (C=O) groups excluding carboxylic acids is 2. The zero-order chi connectivity index (χ0) is 21.6. The van der Waals surface area contributed by atoms with Crippen molar-refractivity contribution in [3.8, 4) is 17.3 Å². The molecule has 154 valence electrons. The number of ether oxygens (including phenoxy) is 1. The third-order valence-corrected chi connectivity index (χ3v) is 4.38. The number of rotatable bonds is 7. The molecule has 0 spiro atoms. The first-order valence-corrected chi connectivity index (χ1v) is 9.49. The Labute approximate surface area is 178 Å². The molecule has 2 heterocycles. The molecule has 0 fully saturated rings. The summed E-state index contributed by atoms with van der Waals surface area (Å²) in [6, 6.07) is 19.5. The molecule has 2 amide bonds. The average molecular weight is 413 g/mol. The molecule has 0 unspecified atom stereocenters. The van der Waals surface area contributed by atoms with Gasteiger partial charge in [0, 0.05) is 17.8 Å². The van der Waals surface area contributed by atoms with Gasteiger partial charge in [-0.25, -0.2) is 9.67 Å². The van der Waals surface area contributed by atoms with E-state index in [4.69, 9.17) is 10.5 Å². The molecule has 0 atom stereocenters. The maximum absolute atomic E-state index is 12.4. The van der Waals surface area contributed by atoms with E-state index >= 15 is 0 Å². The highest BCUT2D eigenvalue weighted by molar-refractivity contribution is 5.93. The zero-order valence-corrected chi connectivity index (χ0v) is 16.4. The summed E-state index contributed by atoms with van der Waals surface area (Å²) in [6.07, 6.45) is 5.18. The number of carbonyl (C=O) groups is 2. The van der Waals surface area contributed by atoms with Crippen molar-refractivity contribution >= 4 is 17.5 Å². The van der Waals surface area contributed by atoms with Crippen LogP contribution in [-0.2, 0) is 11.2 Å². The van der Waals surface area contributed by atoms with Crippen LogP contribution in [-0.4, -0.2) is 26.6 Å². The maximum Gasteiger partial charge on any atom is 0.248 e. The summed E-state index contributed by atoms with van der Waals surface area (Å²) in [7, 11) is 0. The van der Waals surface area contributed by atoms with Gasteiger partial charge in [-0.1, -0.05) is 24.3 Å². The molecule has 0 aliphatic heterocycles. The first-order chi connectivity index (χ1) is 15.1. The van der Waals surface area contributed by atoms with Crippen LogP contribution in [0.4, 0.5) is 5.69 Å². The molecule has 2 aromatic heterocycles. The number of amides is 2. The lowest BCUT2D eigenvalue weighted by Gasteiger charge is -2.07. The summed E-state index contributed by atoms with van der Waals surface area (Å²) < 4.78 is 7.35. The number of hydrogen-bond donors (Lipinski definition) is 2. The Hall–Kier alpha value is -4.46. The molecule has 4 rings (SSSR count). The van der Waals surface area contributed by atoms with Crippen LogP contribution >= 0.6 is 0 Å². The van der Waals surface area contributed by atoms with Gasteiger partial charge >= 0.3 is 0 Å². The van der Waals surface area contributed by atoms with E-state index in [1.165, 1.54) is 12.3 Å². The van der Waals surface area contributed by atoms with Crippen molar-refractivity contribution in [2.75, 3.05) is 5.32 Å². The van der Waals surface area contributed by atoms with Crippen LogP contribution in [0.2, 0.25) is 0 Å². The summed E-state index contributed by atoms with van der Waals surface area (Å²) in [4.78, 5) is 27.8. The predicted molar refractivity (Wildman–Crippen MR) is 115 cm³/mol. The molecule has 0 aliphatic carbocycles. The Morgan fingerprint density at radius 1 is 1.00 bits per heavy atom. The second-order valence-electron chi connectivity index (χ2n) is 6.73. The molecular formula is C23H19N5O3. The third kappa shape index (κ3) is 5.13. The van der Waals surface area contributed by atoms with E-state index in [9.17, 15) is 9.59 Å². The van der Waals surface area contributed by atoms with Crippen molar-refractivity contribution in [3.05, 3.63) is 96.4 Å². The maximum atomic E-state index is 12.4. The van der Waals surface area contributed by atoms with Crippen molar-refractivity contribution in [1.82, 2.24) is 14.8 Å². The average Bonchev–Trinajstić information content (AvgIpc) is 3.24. The van der Waals surface area contributed by atoms with E-state index in [1.54, 1.807) is 41.2 Å². The minimum atomic E-state index is -0.536. The molecule has 31 heavy (non-hydrogen) atoms. The normalized spacial score (nSPS) is 10.5. The van der Waals surface area contributed by atoms with Crippen molar-refractivity contribution in [2.45, 2.75) is 6.42 Å². The zero-order valence-electron chi connectivity index (χ0n) is 16.4. The Morgan fingerprint density at radius 2 is 1.84 bits per heavy atom. The van der Waals surface area contributed by atoms with Crippen LogP contribution in [0.5, 0.6) is 11.6 Å². The number of aromatic nitrogens is 3. The smallest absolute Gasteiger partial charge is 0.248 e. The van der Waals surface area contributed by atoms with Crippen LogP contribution < -0.4 is 15.8 Å². The minimum Gasteiger partial charge on any atom is -0.439 e. The lowest BCUT2D eigenvalue weighted by atomic mass is 10.2. The Kier molecular flexibility index (Phi) is 5.70. The van der Waals surface area contributed by atoms with Gasteiger partial charge in [0.15, 0.2) is 0 Å². The lowest BCUT2D eigenvalue weighted by Crippen LogP contribution is -2.14. The molecule has 0 aliphatic rings. The minimum absolute atomic E-state index is 0.183. The van der Waals surface area contributed by atoms with E-state index in [1.807, 2.05) is 36.5 Å². The summed E-state index contributed by atoms with van der Waals surface area (Å²) in [5.41, 5.74) is 7.88. The van der Waals surface area contributed by atoms with Gasteiger partial charge in [0.1, 0.15) is 5.75 Å². The third-order valence-electron chi connectivity index (χ3n) is 4.38. The number of pyridine rings is 1. The number of nitrogens with one attached hydrogen (secondary N) is 1. The van der Waals surface area contributed by atoms with Crippen LogP contribution in [0.15, 0.2) is 85.3 Å². The van der Waals surface area contributed by atoms with E-state index < -0.39 is 5.91 Å². The summed E-state index contributed by atoms with van der Waals surface area (Å²) in [6.45, 7) is 0. The van der Waals surface area contributed by atoms with Gasteiger partial charge in [-0.2, -0.15) is 5.10 Å². The number of anilines is 1. The number of nitrogens with two attached hydrogens (primary N) is 1. The van der Waals surface area contributed by atoms with Gasteiger partial charge < -0.3 is 15.8 Å². The number of para-hydroxylation sites is 1. The second kappa shape index (κ2) is 8.91. The summed E-state index contributed by atoms with van der Waals surface area (Å²) >= 11 is 0. The fourth-order valence-electron chi connectivity index (χ4n) is 2.91. The summed E-state index contributed by atoms with van der Waals surface area (Å²) in [5.74, 6) is 0.0443. The van der Waals surface area contributed by atoms with E-state index in [2.05, 4.69) is 15.4 Å². The molecule has 0 saturated heterocycles. The van der Waals surface area contributed by atoms with Crippen molar-refractivity contribution in [1.29, 1.82) is 0 Å². The molecule has 3 N–H and O–H groups in total. The van der Waals surface area contributed by atoms with Gasteiger partial charge in [-0.15, -0.1) is 0 Å². The first-order valence-electron chi connectivity index (χ1n) is 9.49. The van der Waals surface area contributed by atoms with Crippen molar-refractivity contribution in [3.63, 3.8) is 0 Å². The second-order valence-corrected chi connectivity index (χ2v) is 6.73. The van der Waals surface area contributed by atoms with Crippen LogP contribution in [0.25, 0.3) is 5.69 Å². The van der Waals surface area contributed by atoms with Gasteiger partial charge in [0.05, 0.1) is 30.2 Å². The number of hydrogen-bond acceptors (Lipinski definition) is 5. The predicted octanol–water partition coefficient (Wildman–Crippen LogP) is 3.34. The van der Waals surface area contributed by atoms with Crippen LogP contribution in [0.3, 0.4) is 0 Å².